The molecule has 2 aromatic carbocycles. The number of benzene rings is 2. The maximum absolute atomic E-state index is 13.0. The van der Waals surface area contributed by atoms with Crippen molar-refractivity contribution in [3.8, 4) is 0 Å². The van der Waals surface area contributed by atoms with Crippen LogP contribution >= 0.6 is 0 Å². The van der Waals surface area contributed by atoms with E-state index in [9.17, 15) is 9.18 Å². The molecule has 3 aromatic rings. The fraction of sp³-hybridized carbons (Fsp3) is 0.320. The van der Waals surface area contributed by atoms with Crippen LogP contribution in [-0.2, 0) is 19.6 Å². The molecule has 3 rings (SSSR count). The Morgan fingerprint density at radius 2 is 1.57 bits per heavy atom. The molecule has 0 saturated heterocycles. The van der Waals surface area contributed by atoms with Gasteiger partial charge in [-0.2, -0.15) is 0 Å². The van der Waals surface area contributed by atoms with E-state index in [0.29, 0.717) is 13.1 Å². The van der Waals surface area contributed by atoms with Crippen LogP contribution in [0.2, 0.25) is 0 Å². The molecule has 0 unspecified atom stereocenters. The van der Waals surface area contributed by atoms with Crippen molar-refractivity contribution in [2.24, 2.45) is 0 Å². The van der Waals surface area contributed by atoms with Crippen LogP contribution in [0.3, 0.4) is 0 Å². The fourth-order valence-corrected chi connectivity index (χ4v) is 3.09. The smallest absolute Gasteiger partial charge is 0.287 e. The van der Waals surface area contributed by atoms with Crippen molar-refractivity contribution < 1.29 is 13.6 Å². The molecule has 5 heteroatoms. The molecule has 0 fully saturated rings. The molecule has 1 aromatic heterocycles. The molecule has 0 saturated carbocycles. The summed E-state index contributed by atoms with van der Waals surface area (Å²) in [4.78, 5) is 14.7. The highest BCUT2D eigenvalue weighted by Gasteiger charge is 2.23. The number of aryl methyl sites for hydroxylation is 1. The summed E-state index contributed by atoms with van der Waals surface area (Å²) in [5, 5.41) is 2.81. The number of nitrogens with zero attached hydrogens (tertiary/aromatic N) is 1. The first kappa shape index (κ1) is 21.8. The first-order chi connectivity index (χ1) is 14.2. The zero-order valence-corrected chi connectivity index (χ0v) is 18.0. The Morgan fingerprint density at radius 3 is 2.20 bits per heavy atom. The molecular weight excluding hydrogens is 379 g/mol. The average Bonchev–Trinajstić information content (AvgIpc) is 3.16. The molecule has 0 bridgehead atoms. The summed E-state index contributed by atoms with van der Waals surface area (Å²) in [7, 11) is 0. The lowest BCUT2D eigenvalue weighted by molar-refractivity contribution is 0.0903. The molecule has 1 amide bonds. The van der Waals surface area contributed by atoms with Crippen LogP contribution in [0.1, 0.15) is 53.8 Å². The maximum atomic E-state index is 13.0. The van der Waals surface area contributed by atoms with Gasteiger partial charge in [-0.1, -0.05) is 42.0 Å². The zero-order chi connectivity index (χ0) is 21.7. The normalized spacial score (nSPS) is 11.7. The van der Waals surface area contributed by atoms with Gasteiger partial charge in [0.2, 0.25) is 0 Å². The van der Waals surface area contributed by atoms with Gasteiger partial charge in [0.15, 0.2) is 5.76 Å². The van der Waals surface area contributed by atoms with Crippen LogP contribution in [0.25, 0.3) is 0 Å². The summed E-state index contributed by atoms with van der Waals surface area (Å²) in [5.74, 6) is 0.432. The molecule has 1 heterocycles. The van der Waals surface area contributed by atoms with Crippen LogP contribution in [-0.4, -0.2) is 16.3 Å². The third-order valence-electron chi connectivity index (χ3n) is 5.04. The summed E-state index contributed by atoms with van der Waals surface area (Å²) >= 11 is 0. The van der Waals surface area contributed by atoms with Crippen molar-refractivity contribution in [3.63, 3.8) is 0 Å². The van der Waals surface area contributed by atoms with E-state index in [2.05, 4.69) is 62.2 Å². The van der Waals surface area contributed by atoms with Gasteiger partial charge in [-0.3, -0.25) is 9.69 Å². The number of hydrogen-bond donors (Lipinski definition) is 1. The number of nitrogens with one attached hydrogen (secondary N) is 1. The predicted molar refractivity (Wildman–Crippen MR) is 116 cm³/mol. The van der Waals surface area contributed by atoms with Crippen LogP contribution in [0.5, 0.6) is 0 Å². The van der Waals surface area contributed by atoms with Gasteiger partial charge in [-0.15, -0.1) is 0 Å². The second kappa shape index (κ2) is 9.26. The Kier molecular flexibility index (Phi) is 6.73. The van der Waals surface area contributed by atoms with E-state index in [4.69, 9.17) is 4.42 Å². The Morgan fingerprint density at radius 1 is 0.933 bits per heavy atom. The lowest BCUT2D eigenvalue weighted by atomic mass is 10.0. The van der Waals surface area contributed by atoms with Crippen molar-refractivity contribution in [1.82, 2.24) is 10.2 Å². The van der Waals surface area contributed by atoms with Crippen molar-refractivity contribution >= 4 is 5.91 Å². The monoisotopic (exact) mass is 408 g/mol. The average molecular weight is 409 g/mol. The Labute approximate surface area is 177 Å². The summed E-state index contributed by atoms with van der Waals surface area (Å²) < 4.78 is 18.8. The van der Waals surface area contributed by atoms with Crippen LogP contribution in [0, 0.1) is 12.7 Å². The molecule has 158 valence electrons. The number of halogens is 1. The summed E-state index contributed by atoms with van der Waals surface area (Å²) in [6, 6.07) is 18.1. The predicted octanol–water partition coefficient (Wildman–Crippen LogP) is 5.46. The van der Waals surface area contributed by atoms with Gasteiger partial charge in [0, 0.05) is 18.6 Å². The number of amides is 1. The Bertz CT molecular complexity index is 970. The molecule has 0 radical (unpaired) electrons. The second-order valence-electron chi connectivity index (χ2n) is 8.59. The van der Waals surface area contributed by atoms with Crippen LogP contribution in [0.15, 0.2) is 65.1 Å². The van der Waals surface area contributed by atoms with E-state index in [1.165, 1.54) is 23.3 Å². The highest BCUT2D eigenvalue weighted by molar-refractivity contribution is 5.91. The third-order valence-corrected chi connectivity index (χ3v) is 5.04. The number of furan rings is 1. The number of carbonyl (C=O) groups is 1. The van der Waals surface area contributed by atoms with E-state index in [1.807, 2.05) is 6.07 Å². The van der Waals surface area contributed by atoms with E-state index >= 15 is 0 Å². The summed E-state index contributed by atoms with van der Waals surface area (Å²) in [5.41, 5.74) is 3.24. The lowest BCUT2D eigenvalue weighted by Gasteiger charge is -2.35. The largest absolute Gasteiger partial charge is 0.455 e. The van der Waals surface area contributed by atoms with Crippen molar-refractivity contribution in [1.29, 1.82) is 0 Å². The van der Waals surface area contributed by atoms with Gasteiger partial charge in [-0.25, -0.2) is 4.39 Å². The second-order valence-corrected chi connectivity index (χ2v) is 8.59. The van der Waals surface area contributed by atoms with Gasteiger partial charge in [0.1, 0.15) is 11.6 Å². The third kappa shape index (κ3) is 6.04. The fourth-order valence-electron chi connectivity index (χ4n) is 3.09. The van der Waals surface area contributed by atoms with E-state index in [1.54, 1.807) is 18.2 Å². The molecule has 0 aliphatic heterocycles. The molecule has 0 aliphatic carbocycles. The highest BCUT2D eigenvalue weighted by Crippen LogP contribution is 2.22. The molecular formula is C25H29FN2O2. The van der Waals surface area contributed by atoms with E-state index < -0.39 is 0 Å². The molecule has 0 aliphatic rings. The number of hydrogen-bond acceptors (Lipinski definition) is 3. The first-order valence-electron chi connectivity index (χ1n) is 10.1. The van der Waals surface area contributed by atoms with Gasteiger partial charge < -0.3 is 9.73 Å². The quantitative estimate of drug-likeness (QED) is 0.565. The van der Waals surface area contributed by atoms with Crippen LogP contribution in [0.4, 0.5) is 4.39 Å². The lowest BCUT2D eigenvalue weighted by Crippen LogP contribution is -2.40. The Hall–Kier alpha value is -2.92. The van der Waals surface area contributed by atoms with Gasteiger partial charge >= 0.3 is 0 Å². The standard InChI is InChI=1S/C25H29FN2O2/c1-18-5-7-20(8-6-18)16-28(25(2,3)4)17-22-13-14-23(30-22)24(29)27-15-19-9-11-21(26)12-10-19/h5-14H,15-17H2,1-4H3,(H,27,29). The van der Waals surface area contributed by atoms with Gasteiger partial charge in [0.25, 0.3) is 5.91 Å². The minimum Gasteiger partial charge on any atom is -0.455 e. The van der Waals surface area contributed by atoms with Crippen LogP contribution < -0.4 is 5.32 Å². The number of carbonyl (C=O) groups excluding carboxylic acids is 1. The van der Waals surface area contributed by atoms with Crippen molar-refractivity contribution in [2.45, 2.75) is 52.9 Å². The zero-order valence-electron chi connectivity index (χ0n) is 18.0. The van der Waals surface area contributed by atoms with E-state index in [0.717, 1.165) is 17.9 Å². The molecule has 0 atom stereocenters. The first-order valence-corrected chi connectivity index (χ1v) is 10.1. The minimum absolute atomic E-state index is 0.0668. The van der Waals surface area contributed by atoms with Crippen molar-refractivity contribution in [3.05, 3.63) is 94.7 Å². The molecule has 0 spiro atoms. The molecule has 30 heavy (non-hydrogen) atoms. The minimum atomic E-state index is -0.296. The van der Waals surface area contributed by atoms with Crippen molar-refractivity contribution in [2.75, 3.05) is 0 Å². The SMILES string of the molecule is Cc1ccc(CN(Cc2ccc(C(=O)NCc3ccc(F)cc3)o2)C(C)(C)C)cc1. The topological polar surface area (TPSA) is 45.5 Å². The molecule has 4 nitrogen and oxygen atoms in total. The number of rotatable bonds is 7. The van der Waals surface area contributed by atoms with Gasteiger partial charge in [-0.05, 0) is 63.1 Å². The Balaban J connectivity index is 1.63. The molecule has 1 N–H and O–H groups in total. The van der Waals surface area contributed by atoms with E-state index in [-0.39, 0.29) is 23.0 Å². The van der Waals surface area contributed by atoms with Gasteiger partial charge in [0.05, 0.1) is 6.54 Å². The summed E-state index contributed by atoms with van der Waals surface area (Å²) in [6.07, 6.45) is 0. The highest BCUT2D eigenvalue weighted by atomic mass is 19.1. The maximum Gasteiger partial charge on any atom is 0.287 e. The summed E-state index contributed by atoms with van der Waals surface area (Å²) in [6.45, 7) is 10.3.